The van der Waals surface area contributed by atoms with E-state index in [1.54, 1.807) is 18.3 Å². The molecule has 0 aliphatic rings. The summed E-state index contributed by atoms with van der Waals surface area (Å²) in [5.74, 6) is 1.45. The maximum Gasteiger partial charge on any atom is 0.145 e. The highest BCUT2D eigenvalue weighted by atomic mass is 127. The van der Waals surface area contributed by atoms with Crippen LogP contribution in [0.15, 0.2) is 64.0 Å². The first-order chi connectivity index (χ1) is 11.2. The van der Waals surface area contributed by atoms with Crippen LogP contribution in [0.4, 0.5) is 5.69 Å². The number of furan rings is 1. The first kappa shape index (κ1) is 15.5. The van der Waals surface area contributed by atoms with Crippen LogP contribution in [0.25, 0.3) is 11.3 Å². The van der Waals surface area contributed by atoms with Crippen molar-refractivity contribution in [2.24, 2.45) is 4.99 Å². The van der Waals surface area contributed by atoms with Crippen LogP contribution >= 0.6 is 22.6 Å². The molecular formula is C19H13IN2O. The standard InChI is InChI=1S/C19H13IN2O/c1-13-10-16(6-8-18(13)20)22-12-17-7-9-19(23-17)15-4-2-14(11-21)3-5-15/h2-10,12H,1H3. The average molecular weight is 412 g/mol. The molecule has 3 aromatic rings. The van der Waals surface area contributed by atoms with Gasteiger partial charge in [0.15, 0.2) is 0 Å². The molecule has 0 amide bonds. The predicted molar refractivity (Wildman–Crippen MR) is 100 cm³/mol. The minimum absolute atomic E-state index is 0.635. The maximum atomic E-state index is 8.83. The maximum absolute atomic E-state index is 8.83. The monoisotopic (exact) mass is 412 g/mol. The highest BCUT2D eigenvalue weighted by Gasteiger charge is 2.04. The summed E-state index contributed by atoms with van der Waals surface area (Å²) >= 11 is 2.31. The lowest BCUT2D eigenvalue weighted by atomic mass is 10.1. The molecule has 1 heterocycles. The van der Waals surface area contributed by atoms with Gasteiger partial charge >= 0.3 is 0 Å². The Morgan fingerprint density at radius 2 is 1.87 bits per heavy atom. The summed E-state index contributed by atoms with van der Waals surface area (Å²) in [5, 5.41) is 8.83. The van der Waals surface area contributed by atoms with E-state index in [1.165, 1.54) is 9.13 Å². The number of halogens is 1. The number of aryl methyl sites for hydroxylation is 1. The van der Waals surface area contributed by atoms with Gasteiger partial charge in [-0.2, -0.15) is 5.26 Å². The Labute approximate surface area is 148 Å². The van der Waals surface area contributed by atoms with Gasteiger partial charge in [0, 0.05) is 9.13 Å². The second kappa shape index (κ2) is 6.80. The van der Waals surface area contributed by atoms with Gasteiger partial charge in [0.1, 0.15) is 11.5 Å². The van der Waals surface area contributed by atoms with Crippen LogP contribution in [-0.4, -0.2) is 6.21 Å². The molecule has 0 aliphatic carbocycles. The molecule has 0 N–H and O–H groups in total. The molecule has 23 heavy (non-hydrogen) atoms. The molecule has 0 radical (unpaired) electrons. The Kier molecular flexibility index (Phi) is 4.58. The summed E-state index contributed by atoms with van der Waals surface area (Å²) in [6.07, 6.45) is 1.72. The summed E-state index contributed by atoms with van der Waals surface area (Å²) in [6.45, 7) is 2.07. The van der Waals surface area contributed by atoms with E-state index in [-0.39, 0.29) is 0 Å². The topological polar surface area (TPSA) is 49.3 Å². The highest BCUT2D eigenvalue weighted by Crippen LogP contribution is 2.23. The van der Waals surface area contributed by atoms with Crippen molar-refractivity contribution in [3.8, 4) is 17.4 Å². The lowest BCUT2D eigenvalue weighted by Crippen LogP contribution is -1.79. The zero-order chi connectivity index (χ0) is 16.2. The molecule has 4 heteroatoms. The molecule has 2 aromatic carbocycles. The molecule has 0 fully saturated rings. The molecule has 1 aromatic heterocycles. The summed E-state index contributed by atoms with van der Waals surface area (Å²) in [6, 6.07) is 19.3. The molecular weight excluding hydrogens is 399 g/mol. The third-order valence-electron chi connectivity index (χ3n) is 3.41. The van der Waals surface area contributed by atoms with Crippen molar-refractivity contribution in [3.63, 3.8) is 0 Å². The van der Waals surface area contributed by atoms with Crippen molar-refractivity contribution >= 4 is 34.5 Å². The van der Waals surface area contributed by atoms with Crippen LogP contribution < -0.4 is 0 Å². The van der Waals surface area contributed by atoms with E-state index < -0.39 is 0 Å². The molecule has 0 atom stereocenters. The Hall–Kier alpha value is -2.39. The second-order valence-electron chi connectivity index (χ2n) is 5.08. The lowest BCUT2D eigenvalue weighted by Gasteiger charge is -1.98. The summed E-state index contributed by atoms with van der Waals surface area (Å²) in [5.41, 5.74) is 3.68. The molecule has 3 nitrogen and oxygen atoms in total. The molecule has 112 valence electrons. The molecule has 0 spiro atoms. The normalized spacial score (nSPS) is 10.8. The quantitative estimate of drug-likeness (QED) is 0.423. The van der Waals surface area contributed by atoms with E-state index in [2.05, 4.69) is 40.6 Å². The van der Waals surface area contributed by atoms with Crippen LogP contribution in [0.5, 0.6) is 0 Å². The fourth-order valence-electron chi connectivity index (χ4n) is 2.13. The highest BCUT2D eigenvalue weighted by molar-refractivity contribution is 14.1. The van der Waals surface area contributed by atoms with Crippen LogP contribution in [0.1, 0.15) is 16.9 Å². The van der Waals surface area contributed by atoms with Crippen molar-refractivity contribution in [2.45, 2.75) is 6.92 Å². The largest absolute Gasteiger partial charge is 0.455 e. The van der Waals surface area contributed by atoms with Crippen LogP contribution in [0.2, 0.25) is 0 Å². The number of nitrogens with zero attached hydrogens (tertiary/aromatic N) is 2. The van der Waals surface area contributed by atoms with Gasteiger partial charge < -0.3 is 4.42 Å². The Morgan fingerprint density at radius 3 is 2.57 bits per heavy atom. The van der Waals surface area contributed by atoms with Gasteiger partial charge in [0.2, 0.25) is 0 Å². The molecule has 0 saturated heterocycles. The third kappa shape index (κ3) is 3.69. The van der Waals surface area contributed by atoms with Crippen LogP contribution in [0.3, 0.4) is 0 Å². The van der Waals surface area contributed by atoms with Gasteiger partial charge in [-0.25, -0.2) is 0 Å². The van der Waals surface area contributed by atoms with Crippen molar-refractivity contribution in [2.75, 3.05) is 0 Å². The van der Waals surface area contributed by atoms with Crippen LogP contribution in [0, 0.1) is 21.8 Å². The molecule has 0 aliphatic heterocycles. The van der Waals surface area contributed by atoms with Crippen LogP contribution in [-0.2, 0) is 0 Å². The fraction of sp³-hybridized carbons (Fsp3) is 0.0526. The number of nitriles is 1. The van der Waals surface area contributed by atoms with Gasteiger partial charge in [-0.15, -0.1) is 0 Å². The van der Waals surface area contributed by atoms with Gasteiger partial charge in [-0.1, -0.05) is 0 Å². The SMILES string of the molecule is Cc1cc(N=Cc2ccc(-c3ccc(C#N)cc3)o2)ccc1I. The van der Waals surface area contributed by atoms with Crippen molar-refractivity contribution < 1.29 is 4.42 Å². The Balaban J connectivity index is 1.79. The van der Waals surface area contributed by atoms with E-state index in [0.29, 0.717) is 11.3 Å². The van der Waals surface area contributed by atoms with Crippen molar-refractivity contribution in [1.29, 1.82) is 5.26 Å². The smallest absolute Gasteiger partial charge is 0.145 e. The second-order valence-corrected chi connectivity index (χ2v) is 6.25. The number of benzene rings is 2. The molecule has 3 rings (SSSR count). The van der Waals surface area contributed by atoms with E-state index >= 15 is 0 Å². The number of hydrogen-bond donors (Lipinski definition) is 0. The summed E-state index contributed by atoms with van der Waals surface area (Å²) < 4.78 is 7.01. The van der Waals surface area contributed by atoms with Gasteiger partial charge in [0.25, 0.3) is 0 Å². The number of rotatable bonds is 3. The van der Waals surface area contributed by atoms with Gasteiger partial charge in [-0.05, 0) is 89.7 Å². The fourth-order valence-corrected chi connectivity index (χ4v) is 2.47. The third-order valence-corrected chi connectivity index (χ3v) is 4.62. The van der Waals surface area contributed by atoms with Crippen molar-refractivity contribution in [1.82, 2.24) is 0 Å². The van der Waals surface area contributed by atoms with E-state index in [1.807, 2.05) is 42.5 Å². The zero-order valence-electron chi connectivity index (χ0n) is 12.5. The summed E-state index contributed by atoms with van der Waals surface area (Å²) in [4.78, 5) is 4.45. The summed E-state index contributed by atoms with van der Waals surface area (Å²) in [7, 11) is 0. The van der Waals surface area contributed by atoms with Gasteiger partial charge in [-0.3, -0.25) is 4.99 Å². The van der Waals surface area contributed by atoms with E-state index in [9.17, 15) is 0 Å². The molecule has 0 unspecified atom stereocenters. The van der Waals surface area contributed by atoms with Gasteiger partial charge in [0.05, 0.1) is 23.5 Å². The minimum atomic E-state index is 0.635. The minimum Gasteiger partial charge on any atom is -0.455 e. The average Bonchev–Trinajstić information content (AvgIpc) is 3.05. The lowest BCUT2D eigenvalue weighted by molar-refractivity contribution is 0.575. The molecule has 0 saturated carbocycles. The zero-order valence-corrected chi connectivity index (χ0v) is 14.6. The van der Waals surface area contributed by atoms with E-state index in [0.717, 1.165) is 17.0 Å². The Morgan fingerprint density at radius 1 is 1.09 bits per heavy atom. The Bertz CT molecular complexity index is 902. The first-order valence-electron chi connectivity index (χ1n) is 7.06. The predicted octanol–water partition coefficient (Wildman–Crippen LogP) is 5.48. The van der Waals surface area contributed by atoms with E-state index in [4.69, 9.17) is 9.68 Å². The molecule has 0 bridgehead atoms. The number of aliphatic imine (C=N–C) groups is 1. The van der Waals surface area contributed by atoms with Crippen molar-refractivity contribution in [3.05, 3.63) is 75.1 Å². The first-order valence-corrected chi connectivity index (χ1v) is 8.14. The number of hydrogen-bond acceptors (Lipinski definition) is 3.